The summed E-state index contributed by atoms with van der Waals surface area (Å²) in [5.41, 5.74) is 2.70. The predicted octanol–water partition coefficient (Wildman–Crippen LogP) is 3.00. The summed E-state index contributed by atoms with van der Waals surface area (Å²) in [7, 11) is 0. The number of nitrogens with one attached hydrogen (secondary N) is 2. The maximum atomic E-state index is 12.9. The number of aliphatic imine (C=N–C) groups is 1. The van der Waals surface area contributed by atoms with Gasteiger partial charge in [0, 0.05) is 13.1 Å². The van der Waals surface area contributed by atoms with Gasteiger partial charge < -0.3 is 10.6 Å². The topological polar surface area (TPSA) is 60.2 Å². The van der Waals surface area contributed by atoms with E-state index in [1.165, 1.54) is 12.1 Å². The Morgan fingerprint density at radius 1 is 1.12 bits per heavy atom. The van der Waals surface area contributed by atoms with Crippen LogP contribution in [0.2, 0.25) is 0 Å². The molecule has 0 heterocycles. The largest absolute Gasteiger partial charge is 0.357 e. The van der Waals surface area contributed by atoms with E-state index in [4.69, 9.17) is 5.26 Å². The Morgan fingerprint density at radius 2 is 1.92 bits per heavy atom. The number of nitrogens with zero attached hydrogens (tertiary/aromatic N) is 2. The Bertz CT molecular complexity index is 717. The van der Waals surface area contributed by atoms with Crippen molar-refractivity contribution in [3.63, 3.8) is 0 Å². The molecule has 0 radical (unpaired) electrons. The van der Waals surface area contributed by atoms with Gasteiger partial charge in [-0.3, -0.25) is 0 Å². The highest BCUT2D eigenvalue weighted by atomic mass is 19.1. The SMILES string of the molecule is CCNC(=NCc1cccc(C#N)c1)NCCc1ccc(F)cc1. The molecule has 0 spiro atoms. The lowest BCUT2D eigenvalue weighted by molar-refractivity contribution is 0.626. The summed E-state index contributed by atoms with van der Waals surface area (Å²) in [6.07, 6.45) is 0.786. The minimum atomic E-state index is -0.221. The van der Waals surface area contributed by atoms with Crippen molar-refractivity contribution in [1.29, 1.82) is 5.26 Å². The zero-order valence-electron chi connectivity index (χ0n) is 13.7. The fourth-order valence-electron chi connectivity index (χ4n) is 2.23. The highest BCUT2D eigenvalue weighted by Gasteiger charge is 2.00. The van der Waals surface area contributed by atoms with Crippen molar-refractivity contribution in [3.05, 3.63) is 71.0 Å². The first kappa shape index (κ1) is 17.5. The van der Waals surface area contributed by atoms with Gasteiger partial charge in [-0.25, -0.2) is 9.38 Å². The van der Waals surface area contributed by atoms with E-state index in [2.05, 4.69) is 21.7 Å². The Hall–Kier alpha value is -2.87. The molecule has 0 aliphatic carbocycles. The van der Waals surface area contributed by atoms with E-state index in [0.717, 1.165) is 30.1 Å². The average molecular weight is 324 g/mol. The Kier molecular flexibility index (Phi) is 6.78. The van der Waals surface area contributed by atoms with Crippen LogP contribution in [0, 0.1) is 17.1 Å². The Labute approximate surface area is 142 Å². The fourth-order valence-corrected chi connectivity index (χ4v) is 2.23. The first-order valence-electron chi connectivity index (χ1n) is 7.97. The monoisotopic (exact) mass is 324 g/mol. The highest BCUT2D eigenvalue weighted by Crippen LogP contribution is 2.05. The summed E-state index contributed by atoms with van der Waals surface area (Å²) < 4.78 is 12.9. The summed E-state index contributed by atoms with van der Waals surface area (Å²) in [4.78, 5) is 4.53. The van der Waals surface area contributed by atoms with Crippen molar-refractivity contribution >= 4 is 5.96 Å². The van der Waals surface area contributed by atoms with E-state index in [-0.39, 0.29) is 5.82 Å². The number of rotatable bonds is 6. The third kappa shape index (κ3) is 5.73. The smallest absolute Gasteiger partial charge is 0.191 e. The molecule has 0 unspecified atom stereocenters. The number of halogens is 1. The molecule has 0 aromatic heterocycles. The third-order valence-electron chi connectivity index (χ3n) is 3.44. The summed E-state index contributed by atoms with van der Waals surface area (Å²) in [6, 6.07) is 16.1. The lowest BCUT2D eigenvalue weighted by atomic mass is 10.1. The second kappa shape index (κ2) is 9.31. The van der Waals surface area contributed by atoms with E-state index in [9.17, 15) is 4.39 Å². The van der Waals surface area contributed by atoms with E-state index in [1.807, 2.05) is 25.1 Å². The van der Waals surface area contributed by atoms with Gasteiger partial charge in [-0.2, -0.15) is 5.26 Å². The first-order chi connectivity index (χ1) is 11.7. The summed E-state index contributed by atoms with van der Waals surface area (Å²) in [5, 5.41) is 15.4. The average Bonchev–Trinajstić information content (AvgIpc) is 2.61. The lowest BCUT2D eigenvalue weighted by Gasteiger charge is -2.11. The molecule has 2 rings (SSSR count). The Morgan fingerprint density at radius 3 is 2.62 bits per heavy atom. The summed E-state index contributed by atoms with van der Waals surface area (Å²) in [5.74, 6) is 0.503. The van der Waals surface area contributed by atoms with Crippen LogP contribution in [0.3, 0.4) is 0 Å². The minimum absolute atomic E-state index is 0.221. The lowest BCUT2D eigenvalue weighted by Crippen LogP contribution is -2.38. The molecule has 2 aromatic carbocycles. The van der Waals surface area contributed by atoms with Crippen LogP contribution in [-0.4, -0.2) is 19.0 Å². The van der Waals surface area contributed by atoms with Gasteiger partial charge in [0.2, 0.25) is 0 Å². The maximum absolute atomic E-state index is 12.9. The van der Waals surface area contributed by atoms with E-state index < -0.39 is 0 Å². The van der Waals surface area contributed by atoms with Gasteiger partial charge in [0.25, 0.3) is 0 Å². The molecule has 2 aromatic rings. The van der Waals surface area contributed by atoms with Crippen LogP contribution in [-0.2, 0) is 13.0 Å². The molecule has 5 heteroatoms. The van der Waals surface area contributed by atoms with Crippen molar-refractivity contribution in [3.8, 4) is 6.07 Å². The highest BCUT2D eigenvalue weighted by molar-refractivity contribution is 5.79. The van der Waals surface area contributed by atoms with Crippen molar-refractivity contribution in [2.45, 2.75) is 19.9 Å². The molecule has 0 atom stereocenters. The van der Waals surface area contributed by atoms with Crippen LogP contribution < -0.4 is 10.6 Å². The molecular weight excluding hydrogens is 303 g/mol. The molecule has 4 nitrogen and oxygen atoms in total. The van der Waals surface area contributed by atoms with Crippen molar-refractivity contribution in [1.82, 2.24) is 10.6 Å². The molecule has 24 heavy (non-hydrogen) atoms. The molecule has 2 N–H and O–H groups in total. The first-order valence-corrected chi connectivity index (χ1v) is 7.97. The molecule has 0 amide bonds. The second-order valence-electron chi connectivity index (χ2n) is 5.31. The number of nitriles is 1. The van der Waals surface area contributed by atoms with Gasteiger partial charge in [0.1, 0.15) is 5.82 Å². The summed E-state index contributed by atoms with van der Waals surface area (Å²) in [6.45, 7) is 3.98. The molecule has 0 fully saturated rings. The van der Waals surface area contributed by atoms with Crippen molar-refractivity contribution in [2.75, 3.05) is 13.1 Å². The maximum Gasteiger partial charge on any atom is 0.191 e. The van der Waals surface area contributed by atoms with Crippen LogP contribution in [0.15, 0.2) is 53.5 Å². The van der Waals surface area contributed by atoms with Crippen LogP contribution in [0.25, 0.3) is 0 Å². The molecule has 0 bridgehead atoms. The molecule has 0 saturated carbocycles. The zero-order valence-corrected chi connectivity index (χ0v) is 13.7. The normalized spacial score (nSPS) is 11.0. The predicted molar refractivity (Wildman–Crippen MR) is 94.1 cm³/mol. The Balaban J connectivity index is 1.90. The van der Waals surface area contributed by atoms with Crippen LogP contribution >= 0.6 is 0 Å². The molecule has 0 aliphatic heterocycles. The minimum Gasteiger partial charge on any atom is -0.357 e. The number of guanidine groups is 1. The van der Waals surface area contributed by atoms with Gasteiger partial charge in [0.05, 0.1) is 18.2 Å². The van der Waals surface area contributed by atoms with E-state index in [1.54, 1.807) is 18.2 Å². The number of hydrogen-bond acceptors (Lipinski definition) is 2. The molecular formula is C19H21FN4. The molecule has 0 aliphatic rings. The van der Waals surface area contributed by atoms with Gasteiger partial charge in [0.15, 0.2) is 5.96 Å². The van der Waals surface area contributed by atoms with Gasteiger partial charge in [-0.15, -0.1) is 0 Å². The van der Waals surface area contributed by atoms with E-state index in [0.29, 0.717) is 18.7 Å². The van der Waals surface area contributed by atoms with Crippen LogP contribution in [0.5, 0.6) is 0 Å². The van der Waals surface area contributed by atoms with E-state index >= 15 is 0 Å². The fraction of sp³-hybridized carbons (Fsp3) is 0.263. The van der Waals surface area contributed by atoms with Gasteiger partial charge in [-0.1, -0.05) is 24.3 Å². The zero-order chi connectivity index (χ0) is 17.2. The van der Waals surface area contributed by atoms with Crippen LogP contribution in [0.1, 0.15) is 23.6 Å². The summed E-state index contributed by atoms with van der Waals surface area (Å²) >= 11 is 0. The standard InChI is InChI=1S/C19H21FN4/c1-2-22-19(23-11-10-15-6-8-18(20)9-7-15)24-14-17-5-3-4-16(12-17)13-21/h3-9,12H,2,10-11,14H2,1H3,(H2,22,23,24). The quantitative estimate of drug-likeness (QED) is 0.634. The third-order valence-corrected chi connectivity index (χ3v) is 3.44. The molecule has 0 saturated heterocycles. The van der Waals surface area contributed by atoms with Crippen molar-refractivity contribution in [2.24, 2.45) is 4.99 Å². The second-order valence-corrected chi connectivity index (χ2v) is 5.31. The number of benzene rings is 2. The number of hydrogen-bond donors (Lipinski definition) is 2. The molecule has 124 valence electrons. The van der Waals surface area contributed by atoms with Gasteiger partial charge >= 0.3 is 0 Å². The van der Waals surface area contributed by atoms with Crippen LogP contribution in [0.4, 0.5) is 4.39 Å². The van der Waals surface area contributed by atoms with Gasteiger partial charge in [-0.05, 0) is 48.7 Å². The van der Waals surface area contributed by atoms with Crippen molar-refractivity contribution < 1.29 is 4.39 Å².